The van der Waals surface area contributed by atoms with Crippen LogP contribution in [0.15, 0.2) is 35.1 Å². The maximum Gasteiger partial charge on any atom is 0.0539 e. The zero-order chi connectivity index (χ0) is 13.8. The fourth-order valence-electron chi connectivity index (χ4n) is 2.14. The number of nitrogens with one attached hydrogen (secondary N) is 1. The summed E-state index contributed by atoms with van der Waals surface area (Å²) >= 11 is 3.54. The summed E-state index contributed by atoms with van der Waals surface area (Å²) in [5.41, 5.74) is 3.73. The van der Waals surface area contributed by atoms with Gasteiger partial charge in [0.15, 0.2) is 0 Å². The van der Waals surface area contributed by atoms with Crippen LogP contribution >= 0.6 is 15.9 Å². The molecule has 1 aromatic heterocycles. The molecule has 0 unspecified atom stereocenters. The molecule has 0 radical (unpaired) electrons. The average Bonchev–Trinajstić information content (AvgIpc) is 2.77. The van der Waals surface area contributed by atoms with Crippen LogP contribution in [0.3, 0.4) is 0 Å². The number of nitrogens with zero attached hydrogens (tertiary/aromatic N) is 3. The van der Waals surface area contributed by atoms with E-state index >= 15 is 0 Å². The van der Waals surface area contributed by atoms with Crippen molar-refractivity contribution in [3.05, 3.63) is 46.2 Å². The molecule has 0 spiro atoms. The first-order valence-electron chi connectivity index (χ1n) is 6.22. The van der Waals surface area contributed by atoms with Crippen LogP contribution < -0.4 is 10.2 Å². The van der Waals surface area contributed by atoms with E-state index in [0.29, 0.717) is 0 Å². The van der Waals surface area contributed by atoms with Gasteiger partial charge in [0, 0.05) is 49.1 Å². The number of anilines is 1. The van der Waals surface area contributed by atoms with Gasteiger partial charge in [-0.3, -0.25) is 4.68 Å². The Balaban J connectivity index is 2.21. The summed E-state index contributed by atoms with van der Waals surface area (Å²) in [7, 11) is 6.01. The lowest BCUT2D eigenvalue weighted by Crippen LogP contribution is -2.19. The van der Waals surface area contributed by atoms with Crippen LogP contribution in [0.5, 0.6) is 0 Å². The van der Waals surface area contributed by atoms with E-state index in [-0.39, 0.29) is 0 Å². The van der Waals surface area contributed by atoms with E-state index in [1.807, 2.05) is 31.2 Å². The van der Waals surface area contributed by atoms with E-state index in [0.717, 1.165) is 17.6 Å². The molecule has 0 bridgehead atoms. The van der Waals surface area contributed by atoms with Crippen molar-refractivity contribution in [1.29, 1.82) is 0 Å². The Bertz CT molecular complexity index is 550. The SMILES string of the molecule is CNCc1ccc(Br)cc1N(C)Cc1cnn(C)c1. The van der Waals surface area contributed by atoms with Crippen molar-refractivity contribution in [2.75, 3.05) is 19.0 Å². The first-order valence-corrected chi connectivity index (χ1v) is 7.01. The van der Waals surface area contributed by atoms with E-state index in [1.165, 1.54) is 16.8 Å². The van der Waals surface area contributed by atoms with E-state index in [1.54, 1.807) is 0 Å². The van der Waals surface area contributed by atoms with Gasteiger partial charge in [0.05, 0.1) is 6.20 Å². The summed E-state index contributed by atoms with van der Waals surface area (Å²) in [6, 6.07) is 6.38. The predicted molar refractivity (Wildman–Crippen MR) is 82.2 cm³/mol. The Labute approximate surface area is 122 Å². The molecule has 0 saturated heterocycles. The Morgan fingerprint density at radius 2 is 2.21 bits per heavy atom. The van der Waals surface area contributed by atoms with E-state index in [2.05, 4.69) is 56.5 Å². The quantitative estimate of drug-likeness (QED) is 0.918. The molecule has 1 heterocycles. The Morgan fingerprint density at radius 1 is 1.42 bits per heavy atom. The van der Waals surface area contributed by atoms with Gasteiger partial charge in [0.1, 0.15) is 0 Å². The van der Waals surface area contributed by atoms with Gasteiger partial charge in [-0.15, -0.1) is 0 Å². The maximum absolute atomic E-state index is 4.21. The molecule has 5 heteroatoms. The summed E-state index contributed by atoms with van der Waals surface area (Å²) in [6.45, 7) is 1.71. The second-order valence-corrected chi connectivity index (χ2v) is 5.60. The van der Waals surface area contributed by atoms with Crippen LogP contribution in [0, 0.1) is 0 Å². The monoisotopic (exact) mass is 322 g/mol. The molecule has 0 fully saturated rings. The van der Waals surface area contributed by atoms with E-state index < -0.39 is 0 Å². The molecule has 1 aromatic carbocycles. The number of aromatic nitrogens is 2. The molecule has 0 saturated carbocycles. The van der Waals surface area contributed by atoms with Crippen molar-refractivity contribution in [1.82, 2.24) is 15.1 Å². The Hall–Kier alpha value is -1.33. The fourth-order valence-corrected chi connectivity index (χ4v) is 2.49. The first kappa shape index (κ1) is 14.1. The zero-order valence-electron chi connectivity index (χ0n) is 11.5. The topological polar surface area (TPSA) is 33.1 Å². The Morgan fingerprint density at radius 3 is 2.84 bits per heavy atom. The normalized spacial score (nSPS) is 10.7. The van der Waals surface area contributed by atoms with Crippen LogP contribution in [-0.4, -0.2) is 23.9 Å². The molecular formula is C14H19BrN4. The number of benzene rings is 1. The van der Waals surface area contributed by atoms with Crippen LogP contribution in [0.2, 0.25) is 0 Å². The van der Waals surface area contributed by atoms with E-state index in [4.69, 9.17) is 0 Å². The van der Waals surface area contributed by atoms with Crippen molar-refractivity contribution in [2.45, 2.75) is 13.1 Å². The van der Waals surface area contributed by atoms with Gasteiger partial charge < -0.3 is 10.2 Å². The molecule has 1 N–H and O–H groups in total. The molecule has 0 aliphatic carbocycles. The predicted octanol–water partition coefficient (Wildman–Crippen LogP) is 2.54. The number of halogens is 1. The van der Waals surface area contributed by atoms with Crippen LogP contribution in [-0.2, 0) is 20.1 Å². The molecule has 0 amide bonds. The first-order chi connectivity index (χ1) is 9.10. The number of aryl methyl sites for hydroxylation is 1. The van der Waals surface area contributed by atoms with Gasteiger partial charge in [-0.1, -0.05) is 22.0 Å². The van der Waals surface area contributed by atoms with Gasteiger partial charge in [-0.05, 0) is 24.7 Å². The van der Waals surface area contributed by atoms with Crippen LogP contribution in [0.1, 0.15) is 11.1 Å². The minimum Gasteiger partial charge on any atom is -0.370 e. The van der Waals surface area contributed by atoms with Crippen molar-refractivity contribution in [3.8, 4) is 0 Å². The summed E-state index contributed by atoms with van der Waals surface area (Å²) < 4.78 is 2.93. The molecule has 0 aliphatic heterocycles. The van der Waals surface area contributed by atoms with Crippen molar-refractivity contribution < 1.29 is 0 Å². The summed E-state index contributed by atoms with van der Waals surface area (Å²) in [4.78, 5) is 2.24. The molecule has 4 nitrogen and oxygen atoms in total. The summed E-state index contributed by atoms with van der Waals surface area (Å²) in [6.07, 6.45) is 3.96. The van der Waals surface area contributed by atoms with E-state index in [9.17, 15) is 0 Å². The molecule has 0 atom stereocenters. The highest BCUT2D eigenvalue weighted by Crippen LogP contribution is 2.25. The third-order valence-electron chi connectivity index (χ3n) is 3.00. The highest BCUT2D eigenvalue weighted by molar-refractivity contribution is 9.10. The number of hydrogen-bond donors (Lipinski definition) is 1. The van der Waals surface area contributed by atoms with Gasteiger partial charge in [0.2, 0.25) is 0 Å². The zero-order valence-corrected chi connectivity index (χ0v) is 13.1. The third-order valence-corrected chi connectivity index (χ3v) is 3.50. The molecule has 2 aromatic rings. The largest absolute Gasteiger partial charge is 0.370 e. The molecule has 2 rings (SSSR count). The van der Waals surface area contributed by atoms with Gasteiger partial charge in [-0.25, -0.2) is 0 Å². The van der Waals surface area contributed by atoms with Crippen LogP contribution in [0.4, 0.5) is 5.69 Å². The van der Waals surface area contributed by atoms with Crippen LogP contribution in [0.25, 0.3) is 0 Å². The van der Waals surface area contributed by atoms with Crippen molar-refractivity contribution in [3.63, 3.8) is 0 Å². The lowest BCUT2D eigenvalue weighted by atomic mass is 10.1. The summed E-state index contributed by atoms with van der Waals surface area (Å²) in [5.74, 6) is 0. The summed E-state index contributed by atoms with van der Waals surface area (Å²) in [5, 5.41) is 7.42. The van der Waals surface area contributed by atoms with Crippen molar-refractivity contribution in [2.24, 2.45) is 7.05 Å². The second-order valence-electron chi connectivity index (χ2n) is 4.68. The lowest BCUT2D eigenvalue weighted by Gasteiger charge is -2.22. The van der Waals surface area contributed by atoms with Gasteiger partial charge in [-0.2, -0.15) is 5.10 Å². The number of hydrogen-bond acceptors (Lipinski definition) is 3. The second kappa shape index (κ2) is 6.21. The minimum atomic E-state index is 0.848. The lowest BCUT2D eigenvalue weighted by molar-refractivity contribution is 0.766. The third kappa shape index (κ3) is 3.58. The molecule has 19 heavy (non-hydrogen) atoms. The van der Waals surface area contributed by atoms with Crippen molar-refractivity contribution >= 4 is 21.6 Å². The Kier molecular flexibility index (Phi) is 4.61. The highest BCUT2D eigenvalue weighted by Gasteiger charge is 2.09. The molecule has 0 aliphatic rings. The van der Waals surface area contributed by atoms with Gasteiger partial charge >= 0.3 is 0 Å². The standard InChI is InChI=1S/C14H19BrN4/c1-16-8-12-4-5-13(15)6-14(12)18(2)9-11-7-17-19(3)10-11/h4-7,10,16H,8-9H2,1-3H3. The number of rotatable bonds is 5. The molecular weight excluding hydrogens is 304 g/mol. The average molecular weight is 323 g/mol. The van der Waals surface area contributed by atoms with Gasteiger partial charge in [0.25, 0.3) is 0 Å². The fraction of sp³-hybridized carbons (Fsp3) is 0.357. The maximum atomic E-state index is 4.21. The molecule has 102 valence electrons. The smallest absolute Gasteiger partial charge is 0.0539 e. The highest BCUT2D eigenvalue weighted by atomic mass is 79.9. The minimum absolute atomic E-state index is 0.848.